The number of nitrogens with zero attached hydrogens (tertiary/aromatic N) is 1. The summed E-state index contributed by atoms with van der Waals surface area (Å²) < 4.78 is 13.3. The average molecular weight is 326 g/mol. The van der Waals surface area contributed by atoms with Gasteiger partial charge in [0, 0.05) is 6.54 Å². The van der Waals surface area contributed by atoms with E-state index in [2.05, 4.69) is 5.32 Å². The van der Waals surface area contributed by atoms with Crippen LogP contribution in [0.25, 0.3) is 0 Å². The van der Waals surface area contributed by atoms with Crippen LogP contribution in [0.15, 0.2) is 54.6 Å². The first-order chi connectivity index (χ1) is 11.6. The van der Waals surface area contributed by atoms with Crippen LogP contribution in [0.1, 0.15) is 30.0 Å². The maximum absolute atomic E-state index is 13.3. The summed E-state index contributed by atoms with van der Waals surface area (Å²) in [5.74, 6) is 0.448. The molecule has 0 heterocycles. The number of hydrogen-bond acceptors (Lipinski definition) is 2. The van der Waals surface area contributed by atoms with E-state index in [1.54, 1.807) is 12.1 Å². The molecule has 1 aliphatic rings. The van der Waals surface area contributed by atoms with E-state index in [1.807, 2.05) is 42.3 Å². The van der Waals surface area contributed by atoms with Gasteiger partial charge in [-0.25, -0.2) is 4.39 Å². The van der Waals surface area contributed by atoms with Crippen molar-refractivity contribution in [2.75, 3.05) is 20.1 Å². The van der Waals surface area contributed by atoms with Crippen LogP contribution >= 0.6 is 0 Å². The number of carbonyl (C=O) groups excluding carboxylic acids is 1. The van der Waals surface area contributed by atoms with Crippen molar-refractivity contribution >= 4 is 5.91 Å². The molecule has 3 nitrogen and oxygen atoms in total. The smallest absolute Gasteiger partial charge is 0.234 e. The number of benzene rings is 2. The third-order valence-corrected chi connectivity index (χ3v) is 4.42. The first-order valence-corrected chi connectivity index (χ1v) is 8.41. The van der Waals surface area contributed by atoms with Gasteiger partial charge in [-0.1, -0.05) is 42.5 Å². The first kappa shape index (κ1) is 16.7. The largest absolute Gasteiger partial charge is 0.355 e. The first-order valence-electron chi connectivity index (χ1n) is 8.41. The molecule has 1 unspecified atom stereocenters. The van der Waals surface area contributed by atoms with Crippen LogP contribution in [-0.4, -0.2) is 30.9 Å². The summed E-state index contributed by atoms with van der Waals surface area (Å²) in [6.45, 7) is 1.09. The molecule has 1 fully saturated rings. The van der Waals surface area contributed by atoms with Gasteiger partial charge < -0.3 is 5.32 Å². The predicted molar refractivity (Wildman–Crippen MR) is 93.0 cm³/mol. The van der Waals surface area contributed by atoms with Crippen LogP contribution in [0.5, 0.6) is 0 Å². The Morgan fingerprint density at radius 1 is 1.12 bits per heavy atom. The molecule has 1 amide bonds. The Bertz CT molecular complexity index is 668. The maximum atomic E-state index is 13.3. The Balaban J connectivity index is 1.75. The van der Waals surface area contributed by atoms with E-state index in [9.17, 15) is 9.18 Å². The van der Waals surface area contributed by atoms with Crippen LogP contribution in [0.2, 0.25) is 0 Å². The zero-order valence-electron chi connectivity index (χ0n) is 13.9. The fraction of sp³-hybridized carbons (Fsp3) is 0.350. The minimum atomic E-state index is -0.254. The molecule has 1 saturated carbocycles. The van der Waals surface area contributed by atoms with Gasteiger partial charge in [-0.15, -0.1) is 0 Å². The molecule has 126 valence electrons. The van der Waals surface area contributed by atoms with Crippen molar-refractivity contribution in [3.63, 3.8) is 0 Å². The molecule has 0 radical (unpaired) electrons. The molecule has 4 heteroatoms. The molecule has 3 rings (SSSR count). The molecule has 24 heavy (non-hydrogen) atoms. The van der Waals surface area contributed by atoms with Gasteiger partial charge in [0.2, 0.25) is 5.91 Å². The van der Waals surface area contributed by atoms with E-state index in [0.717, 1.165) is 17.7 Å². The van der Waals surface area contributed by atoms with Crippen molar-refractivity contribution in [2.45, 2.75) is 18.9 Å². The lowest BCUT2D eigenvalue weighted by Crippen LogP contribution is -2.38. The van der Waals surface area contributed by atoms with Crippen LogP contribution < -0.4 is 5.32 Å². The van der Waals surface area contributed by atoms with Crippen LogP contribution in [0.3, 0.4) is 0 Å². The standard InChI is InChI=1S/C20H23FN2O/c1-23(14-19(24)22-13-15-7-8-15)20(16-5-3-2-4-6-16)17-9-11-18(21)12-10-17/h2-6,9-12,15,20H,7-8,13-14H2,1H3,(H,22,24). The predicted octanol–water partition coefficient (Wildman–Crippen LogP) is 3.37. The van der Waals surface area contributed by atoms with Gasteiger partial charge >= 0.3 is 0 Å². The van der Waals surface area contributed by atoms with Crippen molar-refractivity contribution in [3.05, 3.63) is 71.5 Å². The molecular weight excluding hydrogens is 303 g/mol. The lowest BCUT2D eigenvalue weighted by Gasteiger charge is -2.28. The maximum Gasteiger partial charge on any atom is 0.234 e. The number of likely N-dealkylation sites (N-methyl/N-ethyl adjacent to an activating group) is 1. The molecule has 0 spiro atoms. The number of rotatable bonds is 7. The molecule has 2 aromatic carbocycles. The van der Waals surface area contributed by atoms with Gasteiger partial charge in [0.15, 0.2) is 0 Å². The minimum Gasteiger partial charge on any atom is -0.355 e. The summed E-state index contributed by atoms with van der Waals surface area (Å²) >= 11 is 0. The fourth-order valence-corrected chi connectivity index (χ4v) is 2.94. The molecule has 1 atom stereocenters. The second-order valence-corrected chi connectivity index (χ2v) is 6.53. The normalized spacial score (nSPS) is 15.3. The van der Waals surface area contributed by atoms with Gasteiger partial charge in [0.1, 0.15) is 5.82 Å². The van der Waals surface area contributed by atoms with Gasteiger partial charge in [-0.2, -0.15) is 0 Å². The minimum absolute atomic E-state index is 0.0347. The Kier molecular flexibility index (Phi) is 5.26. The quantitative estimate of drug-likeness (QED) is 0.846. The molecule has 0 bridgehead atoms. The topological polar surface area (TPSA) is 32.3 Å². The van der Waals surface area contributed by atoms with Crippen molar-refractivity contribution < 1.29 is 9.18 Å². The van der Waals surface area contributed by atoms with E-state index < -0.39 is 0 Å². The van der Waals surface area contributed by atoms with Crippen molar-refractivity contribution in [3.8, 4) is 0 Å². The monoisotopic (exact) mass is 326 g/mol. The highest BCUT2D eigenvalue weighted by atomic mass is 19.1. The summed E-state index contributed by atoms with van der Waals surface area (Å²) in [6, 6.07) is 16.4. The van der Waals surface area contributed by atoms with Crippen molar-refractivity contribution in [1.29, 1.82) is 0 Å². The summed E-state index contributed by atoms with van der Waals surface area (Å²) in [7, 11) is 1.93. The Morgan fingerprint density at radius 2 is 1.75 bits per heavy atom. The Hall–Kier alpha value is -2.20. The molecular formula is C20H23FN2O. The van der Waals surface area contributed by atoms with Crippen molar-refractivity contribution in [1.82, 2.24) is 10.2 Å². The number of halogens is 1. The number of amides is 1. The Morgan fingerprint density at radius 3 is 2.38 bits per heavy atom. The second-order valence-electron chi connectivity index (χ2n) is 6.53. The molecule has 0 aliphatic heterocycles. The zero-order valence-corrected chi connectivity index (χ0v) is 13.9. The number of nitrogens with one attached hydrogen (secondary N) is 1. The van der Waals surface area contributed by atoms with Gasteiger partial charge in [0.05, 0.1) is 12.6 Å². The molecule has 2 aromatic rings. The summed E-state index contributed by atoms with van der Waals surface area (Å²) in [5, 5.41) is 3.00. The average Bonchev–Trinajstić information content (AvgIpc) is 3.40. The van der Waals surface area contributed by atoms with E-state index in [-0.39, 0.29) is 17.8 Å². The molecule has 1 N–H and O–H groups in total. The fourth-order valence-electron chi connectivity index (χ4n) is 2.94. The van der Waals surface area contributed by atoms with Crippen molar-refractivity contribution in [2.24, 2.45) is 5.92 Å². The second kappa shape index (κ2) is 7.58. The highest BCUT2D eigenvalue weighted by molar-refractivity contribution is 5.78. The summed E-state index contributed by atoms with van der Waals surface area (Å²) in [5.41, 5.74) is 2.06. The zero-order chi connectivity index (χ0) is 16.9. The lowest BCUT2D eigenvalue weighted by atomic mass is 9.97. The van der Waals surface area contributed by atoms with E-state index >= 15 is 0 Å². The van der Waals surface area contributed by atoms with Crippen LogP contribution in [-0.2, 0) is 4.79 Å². The molecule has 1 aliphatic carbocycles. The van der Waals surface area contributed by atoms with Gasteiger partial charge in [-0.05, 0) is 49.1 Å². The van der Waals surface area contributed by atoms with Gasteiger partial charge in [-0.3, -0.25) is 9.69 Å². The molecule has 0 aromatic heterocycles. The Labute approximate surface area is 142 Å². The highest BCUT2D eigenvalue weighted by Crippen LogP contribution is 2.28. The highest BCUT2D eigenvalue weighted by Gasteiger charge is 2.24. The van der Waals surface area contributed by atoms with E-state index in [0.29, 0.717) is 12.5 Å². The summed E-state index contributed by atoms with van der Waals surface area (Å²) in [6.07, 6.45) is 2.44. The third kappa shape index (κ3) is 4.42. The number of hydrogen-bond donors (Lipinski definition) is 1. The SMILES string of the molecule is CN(CC(=O)NCC1CC1)C(c1ccccc1)c1ccc(F)cc1. The molecule has 0 saturated heterocycles. The van der Waals surface area contributed by atoms with E-state index in [4.69, 9.17) is 0 Å². The van der Waals surface area contributed by atoms with Crippen LogP contribution in [0.4, 0.5) is 4.39 Å². The van der Waals surface area contributed by atoms with Crippen LogP contribution in [0, 0.1) is 11.7 Å². The van der Waals surface area contributed by atoms with Gasteiger partial charge in [0.25, 0.3) is 0 Å². The number of carbonyl (C=O) groups is 1. The lowest BCUT2D eigenvalue weighted by molar-refractivity contribution is -0.122. The third-order valence-electron chi connectivity index (χ3n) is 4.42. The van der Waals surface area contributed by atoms with E-state index in [1.165, 1.54) is 25.0 Å². The summed E-state index contributed by atoms with van der Waals surface area (Å²) in [4.78, 5) is 14.2.